The quantitative estimate of drug-likeness (QED) is 0.751. The molecule has 0 aliphatic carbocycles. The van der Waals surface area contributed by atoms with Gasteiger partial charge in [-0.3, -0.25) is 9.20 Å². The third-order valence-electron chi connectivity index (χ3n) is 2.88. The lowest BCUT2D eigenvalue weighted by Gasteiger charge is -2.04. The van der Waals surface area contributed by atoms with Crippen molar-refractivity contribution in [3.63, 3.8) is 0 Å². The normalized spacial score (nSPS) is 11.0. The molecule has 3 aromatic rings. The van der Waals surface area contributed by atoms with E-state index < -0.39 is 0 Å². The van der Waals surface area contributed by atoms with Crippen LogP contribution in [0.4, 0.5) is 0 Å². The topological polar surface area (TPSA) is 50.2 Å². The van der Waals surface area contributed by atoms with Crippen molar-refractivity contribution >= 4 is 21.4 Å². The molecule has 18 heavy (non-hydrogen) atoms. The van der Waals surface area contributed by atoms with Crippen LogP contribution in [-0.4, -0.2) is 14.4 Å². The molecule has 0 spiro atoms. The van der Waals surface area contributed by atoms with E-state index in [9.17, 15) is 4.79 Å². The van der Waals surface area contributed by atoms with Crippen molar-refractivity contribution < 1.29 is 0 Å². The summed E-state index contributed by atoms with van der Waals surface area (Å²) in [6, 6.07) is 7.79. The Hall–Kier alpha value is -1.88. The first kappa shape index (κ1) is 11.2. The van der Waals surface area contributed by atoms with Gasteiger partial charge in [0.15, 0.2) is 0 Å². The molecule has 90 valence electrons. The Balaban J connectivity index is 2.26. The molecule has 4 nitrogen and oxygen atoms in total. The highest BCUT2D eigenvalue weighted by Crippen LogP contribution is 2.19. The van der Waals surface area contributed by atoms with E-state index in [-0.39, 0.29) is 5.56 Å². The van der Waals surface area contributed by atoms with Gasteiger partial charge in [0, 0.05) is 10.7 Å². The molecule has 0 radical (unpaired) electrons. The van der Waals surface area contributed by atoms with Gasteiger partial charge in [0.1, 0.15) is 11.3 Å². The average molecular weight is 304 g/mol. The maximum Gasteiger partial charge on any atom is 0.274 e. The predicted octanol–water partition coefficient (Wildman–Crippen LogP) is 2.76. The van der Waals surface area contributed by atoms with Crippen LogP contribution in [0.1, 0.15) is 5.82 Å². The zero-order chi connectivity index (χ0) is 12.7. The molecule has 0 amide bonds. The first-order chi connectivity index (χ1) is 8.65. The number of aromatic nitrogens is 3. The van der Waals surface area contributed by atoms with Crippen LogP contribution in [0.2, 0.25) is 0 Å². The highest BCUT2D eigenvalue weighted by molar-refractivity contribution is 9.10. The van der Waals surface area contributed by atoms with E-state index in [0.29, 0.717) is 5.52 Å². The summed E-state index contributed by atoms with van der Waals surface area (Å²) < 4.78 is 2.81. The summed E-state index contributed by atoms with van der Waals surface area (Å²) in [4.78, 5) is 18.9. The molecular formula is C13H10BrN3O. The van der Waals surface area contributed by atoms with E-state index >= 15 is 0 Å². The summed E-state index contributed by atoms with van der Waals surface area (Å²) >= 11 is 3.39. The van der Waals surface area contributed by atoms with Gasteiger partial charge in [-0.2, -0.15) is 0 Å². The SMILES string of the molecule is Cc1ncc2c(=O)[nH]c(-c3ccc(Br)cc3)cn12. The van der Waals surface area contributed by atoms with E-state index in [0.717, 1.165) is 21.6 Å². The van der Waals surface area contributed by atoms with Gasteiger partial charge in [-0.05, 0) is 24.6 Å². The van der Waals surface area contributed by atoms with E-state index in [1.54, 1.807) is 10.6 Å². The van der Waals surface area contributed by atoms with Crippen LogP contribution < -0.4 is 5.56 Å². The maximum absolute atomic E-state index is 11.9. The number of imidazole rings is 1. The minimum Gasteiger partial charge on any atom is -0.319 e. The van der Waals surface area contributed by atoms with Crippen molar-refractivity contribution in [2.75, 3.05) is 0 Å². The van der Waals surface area contributed by atoms with Crippen LogP contribution in [0.15, 0.2) is 45.9 Å². The molecule has 1 aromatic carbocycles. The van der Waals surface area contributed by atoms with Crippen LogP contribution >= 0.6 is 15.9 Å². The van der Waals surface area contributed by atoms with Crippen molar-refractivity contribution in [2.45, 2.75) is 6.92 Å². The minimum absolute atomic E-state index is 0.129. The molecule has 0 bridgehead atoms. The van der Waals surface area contributed by atoms with Crippen molar-refractivity contribution in [1.29, 1.82) is 0 Å². The number of nitrogens with zero attached hydrogens (tertiary/aromatic N) is 2. The van der Waals surface area contributed by atoms with Crippen LogP contribution in [0.3, 0.4) is 0 Å². The number of hydrogen-bond acceptors (Lipinski definition) is 2. The average Bonchev–Trinajstić information content (AvgIpc) is 2.73. The van der Waals surface area contributed by atoms with Crippen LogP contribution in [-0.2, 0) is 0 Å². The van der Waals surface area contributed by atoms with E-state index in [1.807, 2.05) is 37.4 Å². The molecule has 2 heterocycles. The summed E-state index contributed by atoms with van der Waals surface area (Å²) in [7, 11) is 0. The van der Waals surface area contributed by atoms with Gasteiger partial charge >= 0.3 is 0 Å². The summed E-state index contributed by atoms with van der Waals surface area (Å²) in [5.74, 6) is 0.800. The van der Waals surface area contributed by atoms with Gasteiger partial charge in [-0.15, -0.1) is 0 Å². The lowest BCUT2D eigenvalue weighted by molar-refractivity contribution is 1.02. The molecule has 0 aliphatic heterocycles. The summed E-state index contributed by atoms with van der Waals surface area (Å²) in [5.41, 5.74) is 2.18. The molecule has 3 rings (SSSR count). The molecular weight excluding hydrogens is 294 g/mol. The number of aryl methyl sites for hydroxylation is 1. The van der Waals surface area contributed by atoms with E-state index in [4.69, 9.17) is 0 Å². The lowest BCUT2D eigenvalue weighted by Crippen LogP contribution is -2.10. The summed E-state index contributed by atoms with van der Waals surface area (Å²) in [6.07, 6.45) is 3.47. The number of rotatable bonds is 1. The molecule has 0 saturated heterocycles. The number of benzene rings is 1. The molecule has 0 unspecified atom stereocenters. The monoisotopic (exact) mass is 303 g/mol. The molecule has 0 saturated carbocycles. The minimum atomic E-state index is -0.129. The van der Waals surface area contributed by atoms with Crippen LogP contribution in [0.5, 0.6) is 0 Å². The Kier molecular flexibility index (Phi) is 2.56. The fourth-order valence-corrected chi connectivity index (χ4v) is 2.17. The molecule has 0 fully saturated rings. The third kappa shape index (κ3) is 1.76. The van der Waals surface area contributed by atoms with Crippen LogP contribution in [0, 0.1) is 6.92 Å². The van der Waals surface area contributed by atoms with Crippen molar-refractivity contribution in [2.24, 2.45) is 0 Å². The Morgan fingerprint density at radius 2 is 2.00 bits per heavy atom. The first-order valence-electron chi connectivity index (χ1n) is 5.48. The van der Waals surface area contributed by atoms with Crippen molar-refractivity contribution in [3.8, 4) is 11.3 Å². The second-order valence-electron chi connectivity index (χ2n) is 4.06. The highest BCUT2D eigenvalue weighted by atomic mass is 79.9. The first-order valence-corrected chi connectivity index (χ1v) is 6.27. The number of aromatic amines is 1. The second kappa shape index (κ2) is 4.10. The Morgan fingerprint density at radius 1 is 1.28 bits per heavy atom. The standard InChI is InChI=1S/C13H10BrN3O/c1-8-15-6-12-13(18)16-11(7-17(8)12)9-2-4-10(14)5-3-9/h2-7H,1H3,(H,16,18). The van der Waals surface area contributed by atoms with Gasteiger partial charge in [0.2, 0.25) is 0 Å². The number of fused-ring (bicyclic) bond motifs is 1. The van der Waals surface area contributed by atoms with Crippen molar-refractivity contribution in [1.82, 2.24) is 14.4 Å². The van der Waals surface area contributed by atoms with Gasteiger partial charge in [0.25, 0.3) is 5.56 Å². The molecule has 0 atom stereocenters. The zero-order valence-corrected chi connectivity index (χ0v) is 11.2. The summed E-state index contributed by atoms with van der Waals surface area (Å²) in [6.45, 7) is 1.87. The lowest BCUT2D eigenvalue weighted by atomic mass is 10.2. The number of H-pyrrole nitrogens is 1. The number of hydrogen-bond donors (Lipinski definition) is 1. The Morgan fingerprint density at radius 3 is 2.72 bits per heavy atom. The molecule has 5 heteroatoms. The largest absolute Gasteiger partial charge is 0.319 e. The highest BCUT2D eigenvalue weighted by Gasteiger charge is 2.06. The molecule has 2 aromatic heterocycles. The second-order valence-corrected chi connectivity index (χ2v) is 4.98. The zero-order valence-electron chi connectivity index (χ0n) is 9.64. The van der Waals surface area contributed by atoms with E-state index in [2.05, 4.69) is 25.9 Å². The van der Waals surface area contributed by atoms with E-state index in [1.165, 1.54) is 0 Å². The summed E-state index contributed by atoms with van der Waals surface area (Å²) in [5, 5.41) is 0. The van der Waals surface area contributed by atoms with Gasteiger partial charge < -0.3 is 4.98 Å². The number of nitrogens with one attached hydrogen (secondary N) is 1. The third-order valence-corrected chi connectivity index (χ3v) is 3.40. The molecule has 0 aliphatic rings. The van der Waals surface area contributed by atoms with Gasteiger partial charge in [-0.1, -0.05) is 28.1 Å². The number of halogens is 1. The smallest absolute Gasteiger partial charge is 0.274 e. The Bertz CT molecular complexity index is 771. The fourth-order valence-electron chi connectivity index (χ4n) is 1.91. The van der Waals surface area contributed by atoms with Crippen molar-refractivity contribution in [3.05, 3.63) is 57.3 Å². The van der Waals surface area contributed by atoms with Gasteiger partial charge in [-0.25, -0.2) is 4.98 Å². The van der Waals surface area contributed by atoms with Crippen LogP contribution in [0.25, 0.3) is 16.8 Å². The molecule has 1 N–H and O–H groups in total. The maximum atomic E-state index is 11.9. The predicted molar refractivity (Wildman–Crippen MR) is 73.7 cm³/mol. The fraction of sp³-hybridized carbons (Fsp3) is 0.0769. The Labute approximate surface area is 111 Å². The van der Waals surface area contributed by atoms with Gasteiger partial charge in [0.05, 0.1) is 11.9 Å².